The Hall–Kier alpha value is -1.66. The number of rotatable bonds is 4. The van der Waals surface area contributed by atoms with Crippen LogP contribution in [0.5, 0.6) is 0 Å². The van der Waals surface area contributed by atoms with Crippen LogP contribution in [0.15, 0.2) is 29.2 Å². The third-order valence-electron chi connectivity index (χ3n) is 4.31. The van der Waals surface area contributed by atoms with Crippen LogP contribution in [0, 0.1) is 0 Å². The van der Waals surface area contributed by atoms with Crippen LogP contribution in [0.3, 0.4) is 0 Å². The van der Waals surface area contributed by atoms with Crippen molar-refractivity contribution in [3.05, 3.63) is 40.6 Å². The van der Waals surface area contributed by atoms with Crippen LogP contribution in [0.25, 0.3) is 0 Å². The Morgan fingerprint density at radius 1 is 1.30 bits per heavy atom. The van der Waals surface area contributed by atoms with E-state index >= 15 is 0 Å². The summed E-state index contributed by atoms with van der Waals surface area (Å²) in [5, 5.41) is 3.90. The lowest BCUT2D eigenvalue weighted by Gasteiger charge is -2.22. The molecule has 2 aromatic heterocycles. The van der Waals surface area contributed by atoms with E-state index < -0.39 is 0 Å². The molecule has 0 aliphatic carbocycles. The predicted molar refractivity (Wildman–Crippen MR) is 92.7 cm³/mol. The maximum absolute atomic E-state index is 12.5. The lowest BCUT2D eigenvalue weighted by atomic mass is 10.3. The number of carbonyl (C=O) groups excluding carboxylic acids is 1. The van der Waals surface area contributed by atoms with Gasteiger partial charge in [-0.15, -0.1) is 0 Å². The van der Waals surface area contributed by atoms with Gasteiger partial charge in [0.05, 0.1) is 12.1 Å². The normalized spacial score (nSPS) is 16.7. The van der Waals surface area contributed by atoms with Crippen molar-refractivity contribution in [1.82, 2.24) is 19.4 Å². The largest absolute Gasteiger partial charge is 0.337 e. The predicted octanol–water partition coefficient (Wildman–Crippen LogP) is 2.87. The average Bonchev–Trinajstić information content (AvgIpc) is 3.16. The Bertz CT molecular complexity index is 635. The molecule has 3 rings (SSSR count). The molecular weight excluding hydrogens is 308 g/mol. The first-order valence-corrected chi connectivity index (χ1v) is 9.15. The molecule has 6 heteroatoms. The highest BCUT2D eigenvalue weighted by atomic mass is 32.1. The minimum Gasteiger partial charge on any atom is -0.337 e. The Morgan fingerprint density at radius 3 is 2.91 bits per heavy atom. The second-order valence-corrected chi connectivity index (χ2v) is 7.06. The van der Waals surface area contributed by atoms with Crippen molar-refractivity contribution in [2.75, 3.05) is 26.2 Å². The van der Waals surface area contributed by atoms with E-state index in [4.69, 9.17) is 0 Å². The van der Waals surface area contributed by atoms with E-state index in [0.717, 1.165) is 50.5 Å². The SMILES string of the molecule is CC(C)n1ccnc1CN1CCCN(C(=O)c2ccsc2)CC1. The zero-order valence-corrected chi connectivity index (χ0v) is 14.6. The Balaban J connectivity index is 1.60. The fourth-order valence-corrected chi connectivity index (χ4v) is 3.67. The first-order valence-electron chi connectivity index (χ1n) is 8.20. The summed E-state index contributed by atoms with van der Waals surface area (Å²) in [6.45, 7) is 8.75. The maximum Gasteiger partial charge on any atom is 0.254 e. The van der Waals surface area contributed by atoms with Crippen molar-refractivity contribution < 1.29 is 4.79 Å². The van der Waals surface area contributed by atoms with Gasteiger partial charge < -0.3 is 9.47 Å². The lowest BCUT2D eigenvalue weighted by molar-refractivity contribution is 0.0761. The number of aromatic nitrogens is 2. The Morgan fingerprint density at radius 2 is 2.17 bits per heavy atom. The van der Waals surface area contributed by atoms with Crippen molar-refractivity contribution in [1.29, 1.82) is 0 Å². The van der Waals surface area contributed by atoms with Gasteiger partial charge in [-0.3, -0.25) is 9.69 Å². The number of amides is 1. The van der Waals surface area contributed by atoms with Crippen molar-refractivity contribution in [2.24, 2.45) is 0 Å². The topological polar surface area (TPSA) is 41.4 Å². The van der Waals surface area contributed by atoms with Gasteiger partial charge in [0.1, 0.15) is 5.82 Å². The second-order valence-electron chi connectivity index (χ2n) is 6.28. The average molecular weight is 332 g/mol. The van der Waals surface area contributed by atoms with Crippen LogP contribution < -0.4 is 0 Å². The van der Waals surface area contributed by atoms with Gasteiger partial charge in [-0.1, -0.05) is 0 Å². The molecular formula is C17H24N4OS. The smallest absolute Gasteiger partial charge is 0.254 e. The third-order valence-corrected chi connectivity index (χ3v) is 5.00. The van der Waals surface area contributed by atoms with Crippen LogP contribution in [0.2, 0.25) is 0 Å². The summed E-state index contributed by atoms with van der Waals surface area (Å²) in [7, 11) is 0. The van der Waals surface area contributed by atoms with Gasteiger partial charge in [-0.05, 0) is 31.7 Å². The standard InChI is InChI=1S/C17H24N4OS/c1-14(2)21-8-5-18-16(21)12-19-6-3-7-20(10-9-19)17(22)15-4-11-23-13-15/h4-5,8,11,13-14H,3,6-7,9-10,12H2,1-2H3. The summed E-state index contributed by atoms with van der Waals surface area (Å²) >= 11 is 1.58. The summed E-state index contributed by atoms with van der Waals surface area (Å²) < 4.78 is 2.22. The third kappa shape index (κ3) is 3.82. The molecule has 0 saturated carbocycles. The number of hydrogen-bond acceptors (Lipinski definition) is 4. The zero-order chi connectivity index (χ0) is 16.2. The van der Waals surface area contributed by atoms with Crippen molar-refractivity contribution in [3.63, 3.8) is 0 Å². The molecule has 23 heavy (non-hydrogen) atoms. The van der Waals surface area contributed by atoms with Gasteiger partial charge in [-0.2, -0.15) is 11.3 Å². The molecule has 1 aliphatic heterocycles. The molecule has 2 aromatic rings. The van der Waals surface area contributed by atoms with Gasteiger partial charge in [0, 0.05) is 50.0 Å². The van der Waals surface area contributed by atoms with Gasteiger partial charge in [0.25, 0.3) is 5.91 Å². The van der Waals surface area contributed by atoms with Crippen LogP contribution in [0.1, 0.15) is 42.5 Å². The van der Waals surface area contributed by atoms with Gasteiger partial charge in [0.2, 0.25) is 0 Å². The molecule has 0 atom stereocenters. The number of nitrogens with zero attached hydrogens (tertiary/aromatic N) is 4. The quantitative estimate of drug-likeness (QED) is 0.864. The van der Waals surface area contributed by atoms with E-state index in [1.165, 1.54) is 0 Å². The Kier molecular flexibility index (Phi) is 5.13. The van der Waals surface area contributed by atoms with Gasteiger partial charge >= 0.3 is 0 Å². The van der Waals surface area contributed by atoms with Crippen LogP contribution in [-0.2, 0) is 6.54 Å². The summed E-state index contributed by atoms with van der Waals surface area (Å²) in [6, 6.07) is 2.34. The van der Waals surface area contributed by atoms with Crippen molar-refractivity contribution in [2.45, 2.75) is 32.9 Å². The minimum atomic E-state index is 0.164. The molecule has 124 valence electrons. The zero-order valence-electron chi connectivity index (χ0n) is 13.8. The first kappa shape index (κ1) is 16.2. The molecule has 0 spiro atoms. The van der Waals surface area contributed by atoms with E-state index in [2.05, 4.69) is 28.3 Å². The van der Waals surface area contributed by atoms with E-state index in [-0.39, 0.29) is 5.91 Å². The van der Waals surface area contributed by atoms with Gasteiger partial charge in [0.15, 0.2) is 0 Å². The summed E-state index contributed by atoms with van der Waals surface area (Å²) in [5.74, 6) is 1.27. The molecule has 0 radical (unpaired) electrons. The number of imidazole rings is 1. The van der Waals surface area contributed by atoms with E-state index in [0.29, 0.717) is 6.04 Å². The monoisotopic (exact) mass is 332 g/mol. The van der Waals surface area contributed by atoms with Gasteiger partial charge in [-0.25, -0.2) is 4.98 Å². The fourth-order valence-electron chi connectivity index (χ4n) is 3.04. The summed E-state index contributed by atoms with van der Waals surface area (Å²) in [4.78, 5) is 21.4. The van der Waals surface area contributed by atoms with E-state index in [9.17, 15) is 4.79 Å². The first-order chi connectivity index (χ1) is 11.1. The Labute approximate surface area is 141 Å². The molecule has 0 aromatic carbocycles. The maximum atomic E-state index is 12.5. The highest BCUT2D eigenvalue weighted by Gasteiger charge is 2.21. The molecule has 1 aliphatic rings. The van der Waals surface area contributed by atoms with Crippen LogP contribution in [-0.4, -0.2) is 51.4 Å². The molecule has 0 N–H and O–H groups in total. The molecule has 3 heterocycles. The number of carbonyl (C=O) groups is 1. The number of thiophene rings is 1. The number of hydrogen-bond donors (Lipinski definition) is 0. The molecule has 1 saturated heterocycles. The van der Waals surface area contributed by atoms with E-state index in [1.54, 1.807) is 11.3 Å². The minimum absolute atomic E-state index is 0.164. The highest BCUT2D eigenvalue weighted by molar-refractivity contribution is 7.08. The second kappa shape index (κ2) is 7.27. The van der Waals surface area contributed by atoms with Crippen LogP contribution in [0.4, 0.5) is 0 Å². The molecule has 0 bridgehead atoms. The van der Waals surface area contributed by atoms with Crippen molar-refractivity contribution in [3.8, 4) is 0 Å². The molecule has 1 amide bonds. The molecule has 5 nitrogen and oxygen atoms in total. The molecule has 0 unspecified atom stereocenters. The molecule has 1 fully saturated rings. The van der Waals surface area contributed by atoms with E-state index in [1.807, 2.05) is 34.1 Å². The highest BCUT2D eigenvalue weighted by Crippen LogP contribution is 2.15. The lowest BCUT2D eigenvalue weighted by Crippen LogP contribution is -2.35. The van der Waals surface area contributed by atoms with Crippen LogP contribution >= 0.6 is 11.3 Å². The van der Waals surface area contributed by atoms with Crippen molar-refractivity contribution >= 4 is 17.2 Å². The summed E-state index contributed by atoms with van der Waals surface area (Å²) in [6.07, 6.45) is 4.93. The summed E-state index contributed by atoms with van der Waals surface area (Å²) in [5.41, 5.74) is 0.818. The fraction of sp³-hybridized carbons (Fsp3) is 0.529.